The number of aromatic nitrogens is 1. The van der Waals surface area contributed by atoms with Crippen LogP contribution in [0.3, 0.4) is 0 Å². The number of ether oxygens (including phenoxy) is 2. The molecule has 1 aliphatic rings. The molecule has 3 rings (SSSR count). The first-order valence-corrected chi connectivity index (χ1v) is 12.4. The second-order valence-electron chi connectivity index (χ2n) is 9.43. The highest BCUT2D eigenvalue weighted by molar-refractivity contribution is 7.13. The van der Waals surface area contributed by atoms with Gasteiger partial charge < -0.3 is 19.7 Å². The summed E-state index contributed by atoms with van der Waals surface area (Å²) >= 11 is 1.55. The summed E-state index contributed by atoms with van der Waals surface area (Å²) in [5, 5.41) is 5.83. The lowest BCUT2D eigenvalue weighted by atomic mass is 9.89. The molecule has 0 aliphatic heterocycles. The molecule has 1 fully saturated rings. The topological polar surface area (TPSA) is 80.8 Å². The molecule has 33 heavy (non-hydrogen) atoms. The van der Waals surface area contributed by atoms with Gasteiger partial charge in [-0.3, -0.25) is 0 Å². The highest BCUT2D eigenvalue weighted by Crippen LogP contribution is 2.35. The summed E-state index contributed by atoms with van der Waals surface area (Å²) in [7, 11) is 1.41. The smallest absolute Gasteiger partial charge is 0.407 e. The van der Waals surface area contributed by atoms with Crippen LogP contribution in [0, 0.1) is 6.92 Å². The molecule has 0 spiro atoms. The van der Waals surface area contributed by atoms with Crippen LogP contribution in [0.1, 0.15) is 69.3 Å². The van der Waals surface area contributed by atoms with Gasteiger partial charge >= 0.3 is 12.1 Å². The molecule has 180 valence electrons. The number of thiazole rings is 1. The van der Waals surface area contributed by atoms with Crippen molar-refractivity contribution in [3.05, 3.63) is 34.8 Å². The number of methoxy groups -OCH3 is 1. The van der Waals surface area contributed by atoms with Crippen molar-refractivity contribution in [2.75, 3.05) is 18.6 Å². The number of hydrogen-bond acceptors (Lipinski definition) is 7. The van der Waals surface area contributed by atoms with Crippen molar-refractivity contribution in [2.45, 2.75) is 78.0 Å². The van der Waals surface area contributed by atoms with Crippen LogP contribution in [0.2, 0.25) is 0 Å². The summed E-state index contributed by atoms with van der Waals surface area (Å²) in [6.07, 6.45) is 5.08. The molecule has 2 aromatic rings. The number of alkyl carbamates (subject to hydrolysis) is 1. The summed E-state index contributed by atoms with van der Waals surface area (Å²) in [6, 6.07) is 4.44. The van der Waals surface area contributed by atoms with E-state index in [-0.39, 0.29) is 18.1 Å². The molecule has 7 nitrogen and oxygen atoms in total. The van der Waals surface area contributed by atoms with Gasteiger partial charge in [-0.2, -0.15) is 0 Å². The zero-order valence-corrected chi connectivity index (χ0v) is 21.3. The van der Waals surface area contributed by atoms with Crippen molar-refractivity contribution in [1.82, 2.24) is 10.3 Å². The van der Waals surface area contributed by atoms with E-state index in [9.17, 15) is 9.59 Å². The molecule has 0 bridgehead atoms. The van der Waals surface area contributed by atoms with Crippen LogP contribution in [-0.4, -0.2) is 48.4 Å². The zero-order chi connectivity index (χ0) is 24.2. The molecule has 1 N–H and O–H groups in total. The van der Waals surface area contributed by atoms with Crippen LogP contribution < -0.4 is 10.2 Å². The summed E-state index contributed by atoms with van der Waals surface area (Å²) in [5.41, 5.74) is 2.94. The van der Waals surface area contributed by atoms with Gasteiger partial charge in [0.25, 0.3) is 0 Å². The first-order valence-electron chi connectivity index (χ1n) is 11.5. The summed E-state index contributed by atoms with van der Waals surface area (Å²) in [6.45, 7) is 10.5. The van der Waals surface area contributed by atoms with Crippen LogP contribution in [0.4, 0.5) is 10.5 Å². The maximum absolute atomic E-state index is 12.5. The second-order valence-corrected chi connectivity index (χ2v) is 10.3. The van der Waals surface area contributed by atoms with E-state index in [0.29, 0.717) is 11.6 Å². The standard InChI is InChI=1S/C25H35N3O4S/c1-7-28(19-10-8-18(9-11-19)27-24(30)32-25(3,4)5)21-15-17(22-26-12-13-33-22)14-20(16(21)2)23(29)31-6/h12-15,18-19H,7-11H2,1-6H3,(H,27,30). The molecule has 1 aromatic carbocycles. The third-order valence-corrected chi connectivity index (χ3v) is 6.80. The molecular weight excluding hydrogens is 438 g/mol. The predicted molar refractivity (Wildman–Crippen MR) is 132 cm³/mol. The molecule has 0 radical (unpaired) electrons. The summed E-state index contributed by atoms with van der Waals surface area (Å²) < 4.78 is 10.5. The van der Waals surface area contributed by atoms with Crippen molar-refractivity contribution in [3.63, 3.8) is 0 Å². The van der Waals surface area contributed by atoms with Gasteiger partial charge in [-0.1, -0.05) is 0 Å². The maximum Gasteiger partial charge on any atom is 0.407 e. The lowest BCUT2D eigenvalue weighted by Crippen LogP contribution is -2.45. The Morgan fingerprint density at radius 1 is 1.21 bits per heavy atom. The quantitative estimate of drug-likeness (QED) is 0.553. The number of anilines is 1. The van der Waals surface area contributed by atoms with E-state index in [1.807, 2.05) is 39.1 Å². The summed E-state index contributed by atoms with van der Waals surface area (Å²) in [4.78, 5) is 31.5. The van der Waals surface area contributed by atoms with Crippen LogP contribution in [0.25, 0.3) is 10.6 Å². The number of carbonyl (C=O) groups excluding carboxylic acids is 2. The Labute approximate surface area is 200 Å². The minimum absolute atomic E-state index is 0.114. The third-order valence-electron chi connectivity index (χ3n) is 5.97. The van der Waals surface area contributed by atoms with Gasteiger partial charge in [-0.05, 0) is 78.0 Å². The van der Waals surface area contributed by atoms with Crippen molar-refractivity contribution in [2.24, 2.45) is 0 Å². The molecule has 1 amide bonds. The summed E-state index contributed by atoms with van der Waals surface area (Å²) in [5.74, 6) is -0.339. The van der Waals surface area contributed by atoms with Crippen molar-refractivity contribution < 1.29 is 19.1 Å². The Balaban J connectivity index is 1.80. The number of nitrogens with zero attached hydrogens (tertiary/aromatic N) is 2. The Morgan fingerprint density at radius 3 is 2.45 bits per heavy atom. The van der Waals surface area contributed by atoms with E-state index >= 15 is 0 Å². The van der Waals surface area contributed by atoms with E-state index in [4.69, 9.17) is 9.47 Å². The number of rotatable bonds is 6. The normalized spacial score (nSPS) is 18.5. The zero-order valence-electron chi connectivity index (χ0n) is 20.4. The minimum Gasteiger partial charge on any atom is -0.465 e. The molecule has 1 heterocycles. The second kappa shape index (κ2) is 10.5. The lowest BCUT2D eigenvalue weighted by Gasteiger charge is -2.39. The average Bonchev–Trinajstić information content (AvgIpc) is 3.29. The fraction of sp³-hybridized carbons (Fsp3) is 0.560. The fourth-order valence-corrected chi connectivity index (χ4v) is 5.07. The maximum atomic E-state index is 12.5. The van der Waals surface area contributed by atoms with E-state index in [1.165, 1.54) is 7.11 Å². The number of esters is 1. The van der Waals surface area contributed by atoms with Crippen LogP contribution in [0.5, 0.6) is 0 Å². The van der Waals surface area contributed by atoms with Gasteiger partial charge in [0.15, 0.2) is 0 Å². The van der Waals surface area contributed by atoms with Gasteiger partial charge in [-0.15, -0.1) is 11.3 Å². The SMILES string of the molecule is CCN(c1cc(-c2nccs2)cc(C(=O)OC)c1C)C1CCC(NC(=O)OC(C)(C)C)CC1. The number of hydrogen-bond donors (Lipinski definition) is 1. The molecule has 0 saturated heterocycles. The van der Waals surface area contributed by atoms with E-state index < -0.39 is 5.60 Å². The number of amides is 1. The van der Waals surface area contributed by atoms with Crippen molar-refractivity contribution in [3.8, 4) is 10.6 Å². The number of nitrogens with one attached hydrogen (secondary N) is 1. The number of benzene rings is 1. The van der Waals surface area contributed by atoms with Crippen LogP contribution in [0.15, 0.2) is 23.7 Å². The van der Waals surface area contributed by atoms with Gasteiger partial charge in [-0.25, -0.2) is 14.6 Å². The molecule has 0 unspecified atom stereocenters. The van der Waals surface area contributed by atoms with Crippen molar-refractivity contribution >= 4 is 29.1 Å². The predicted octanol–water partition coefficient (Wildman–Crippen LogP) is 5.57. The molecule has 1 saturated carbocycles. The first kappa shape index (κ1) is 25.0. The van der Waals surface area contributed by atoms with Gasteiger partial charge in [0.1, 0.15) is 10.6 Å². The van der Waals surface area contributed by atoms with Gasteiger partial charge in [0, 0.05) is 41.5 Å². The molecule has 8 heteroatoms. The Bertz CT molecular complexity index is 961. The van der Waals surface area contributed by atoms with Crippen LogP contribution >= 0.6 is 11.3 Å². The molecular formula is C25H35N3O4S. The molecule has 0 atom stereocenters. The Kier molecular flexibility index (Phi) is 8.00. The highest BCUT2D eigenvalue weighted by atomic mass is 32.1. The lowest BCUT2D eigenvalue weighted by molar-refractivity contribution is 0.0490. The number of carbonyl (C=O) groups is 2. The van der Waals surface area contributed by atoms with Gasteiger partial charge in [0.2, 0.25) is 0 Å². The Hall–Kier alpha value is -2.61. The highest BCUT2D eigenvalue weighted by Gasteiger charge is 2.29. The fourth-order valence-electron chi connectivity index (χ4n) is 4.44. The van der Waals surface area contributed by atoms with E-state index in [0.717, 1.165) is 54.0 Å². The minimum atomic E-state index is -0.502. The van der Waals surface area contributed by atoms with Crippen LogP contribution in [-0.2, 0) is 9.47 Å². The first-order chi connectivity index (χ1) is 15.6. The largest absolute Gasteiger partial charge is 0.465 e. The third kappa shape index (κ3) is 6.25. The van der Waals surface area contributed by atoms with E-state index in [2.05, 4.69) is 28.2 Å². The van der Waals surface area contributed by atoms with Gasteiger partial charge in [0.05, 0.1) is 12.7 Å². The van der Waals surface area contributed by atoms with Crippen molar-refractivity contribution in [1.29, 1.82) is 0 Å². The monoisotopic (exact) mass is 473 g/mol. The Morgan fingerprint density at radius 2 is 1.91 bits per heavy atom. The average molecular weight is 474 g/mol. The molecule has 1 aromatic heterocycles. The molecule has 1 aliphatic carbocycles. The van der Waals surface area contributed by atoms with E-state index in [1.54, 1.807) is 17.5 Å².